The summed E-state index contributed by atoms with van der Waals surface area (Å²) in [6.45, 7) is 3.19. The second-order valence-corrected chi connectivity index (χ2v) is 7.70. The molecule has 1 aliphatic heterocycles. The van der Waals surface area contributed by atoms with Gasteiger partial charge in [-0.05, 0) is 40.1 Å². The van der Waals surface area contributed by atoms with E-state index in [0.29, 0.717) is 51.5 Å². The summed E-state index contributed by atoms with van der Waals surface area (Å²) in [6, 6.07) is 6.34. The summed E-state index contributed by atoms with van der Waals surface area (Å²) < 4.78 is 28.4. The number of carbonyl (C=O) groups is 1. The number of carbonyl (C=O) groups excluding carboxylic acids is 1. The lowest BCUT2D eigenvalue weighted by molar-refractivity contribution is -0.396. The summed E-state index contributed by atoms with van der Waals surface area (Å²) in [5.41, 5.74) is 1.46. The first kappa shape index (κ1) is 22.0. The first-order valence-corrected chi connectivity index (χ1v) is 10.5. The minimum atomic E-state index is -2.27. The maximum Gasteiger partial charge on any atom is 0.435 e. The van der Waals surface area contributed by atoms with E-state index in [-0.39, 0.29) is 23.3 Å². The van der Waals surface area contributed by atoms with Gasteiger partial charge in [-0.1, -0.05) is 17.1 Å². The number of benzene rings is 1. The van der Waals surface area contributed by atoms with Gasteiger partial charge in [0.05, 0.1) is 19.8 Å². The lowest BCUT2D eigenvalue weighted by Crippen LogP contribution is -2.37. The summed E-state index contributed by atoms with van der Waals surface area (Å²) in [4.78, 5) is 29.2. The number of rotatable bonds is 9. The van der Waals surface area contributed by atoms with Gasteiger partial charge in [0.2, 0.25) is 0 Å². The van der Waals surface area contributed by atoms with E-state index in [1.165, 1.54) is 22.9 Å². The molecule has 0 aliphatic carbocycles. The molecular weight excluding hydrogens is 414 g/mol. The molecule has 12 heteroatoms. The highest BCUT2D eigenvalue weighted by molar-refractivity contribution is 7.79. The fourth-order valence-corrected chi connectivity index (χ4v) is 3.50. The molecule has 1 aromatic heterocycles. The van der Waals surface area contributed by atoms with E-state index in [4.69, 9.17) is 4.74 Å². The topological polar surface area (TPSA) is 143 Å². The van der Waals surface area contributed by atoms with Gasteiger partial charge in [-0.3, -0.25) is 13.9 Å². The van der Waals surface area contributed by atoms with E-state index in [1.54, 1.807) is 12.1 Å². The number of hydrogen-bond acceptors (Lipinski definition) is 8. The van der Waals surface area contributed by atoms with E-state index in [1.807, 2.05) is 0 Å². The molecule has 0 saturated carbocycles. The highest BCUT2D eigenvalue weighted by Gasteiger charge is 2.25. The Kier molecular flexibility index (Phi) is 7.63. The Morgan fingerprint density at radius 2 is 1.97 bits per heavy atom. The van der Waals surface area contributed by atoms with Crippen LogP contribution < -0.4 is 5.32 Å². The predicted molar refractivity (Wildman–Crippen MR) is 105 cm³/mol. The van der Waals surface area contributed by atoms with Gasteiger partial charge in [-0.2, -0.15) is 0 Å². The Bertz CT molecular complexity index is 910. The summed E-state index contributed by atoms with van der Waals surface area (Å²) in [7, 11) is 0. The molecule has 2 heterocycles. The molecule has 2 aromatic rings. The number of aromatic nitrogens is 2. The molecule has 1 N–H and O–H groups in total. The number of hydrogen-bond donors (Lipinski definition) is 1. The fourth-order valence-electron chi connectivity index (χ4n) is 3.15. The molecular formula is C18H22N5O6S-. The smallest absolute Gasteiger partial charge is 0.435 e. The van der Waals surface area contributed by atoms with Gasteiger partial charge in [0.1, 0.15) is 11.9 Å². The summed E-state index contributed by atoms with van der Waals surface area (Å²) in [6.07, 6.45) is 1.94. The Morgan fingerprint density at radius 1 is 1.27 bits per heavy atom. The third-order valence-electron chi connectivity index (χ3n) is 4.72. The molecule has 162 valence electrons. The molecule has 0 bridgehead atoms. The molecule has 1 aliphatic rings. The van der Waals surface area contributed by atoms with E-state index in [9.17, 15) is 23.7 Å². The van der Waals surface area contributed by atoms with E-state index in [2.05, 4.69) is 15.2 Å². The van der Waals surface area contributed by atoms with E-state index in [0.717, 1.165) is 5.56 Å². The van der Waals surface area contributed by atoms with E-state index >= 15 is 0 Å². The average Bonchev–Trinajstić information content (AvgIpc) is 3.11. The van der Waals surface area contributed by atoms with Crippen LogP contribution in [0.1, 0.15) is 11.3 Å². The first-order valence-electron chi connectivity index (χ1n) is 9.38. The fraction of sp³-hybridized carbons (Fsp3) is 0.444. The minimum Gasteiger partial charge on any atom is -0.768 e. The normalized spacial score (nSPS) is 15.6. The number of nitro groups is 1. The summed E-state index contributed by atoms with van der Waals surface area (Å²) >= 11 is -2.27. The number of nitrogens with zero attached hydrogens (tertiary/aromatic N) is 4. The van der Waals surface area contributed by atoms with E-state index < -0.39 is 16.0 Å². The monoisotopic (exact) mass is 436 g/mol. The van der Waals surface area contributed by atoms with Crippen molar-refractivity contribution in [2.24, 2.45) is 0 Å². The van der Waals surface area contributed by atoms with Crippen LogP contribution in [0.15, 0.2) is 35.4 Å². The quantitative estimate of drug-likeness (QED) is 0.334. The molecule has 1 saturated heterocycles. The predicted octanol–water partition coefficient (Wildman–Crippen LogP) is 0.220. The zero-order chi connectivity index (χ0) is 21.5. The molecule has 1 aromatic carbocycles. The molecule has 11 nitrogen and oxygen atoms in total. The van der Waals surface area contributed by atoms with Crippen molar-refractivity contribution in [1.29, 1.82) is 0 Å². The van der Waals surface area contributed by atoms with Crippen LogP contribution in [0.2, 0.25) is 0 Å². The third kappa shape index (κ3) is 5.92. The van der Waals surface area contributed by atoms with Crippen molar-refractivity contribution in [3.63, 3.8) is 0 Å². The van der Waals surface area contributed by atoms with Gasteiger partial charge >= 0.3 is 5.95 Å². The van der Waals surface area contributed by atoms with Crippen LogP contribution in [0.3, 0.4) is 0 Å². The van der Waals surface area contributed by atoms with Crippen molar-refractivity contribution in [2.45, 2.75) is 24.4 Å². The Hall–Kier alpha value is -2.67. The molecule has 0 spiro atoms. The zero-order valence-corrected chi connectivity index (χ0v) is 17.0. The summed E-state index contributed by atoms with van der Waals surface area (Å²) in [5, 5.41) is 14.0. The van der Waals surface area contributed by atoms with Gasteiger partial charge in [0.15, 0.2) is 6.54 Å². The highest BCUT2D eigenvalue weighted by Crippen LogP contribution is 2.16. The van der Waals surface area contributed by atoms with Crippen LogP contribution in [0.25, 0.3) is 0 Å². The maximum absolute atomic E-state index is 12.4. The lowest BCUT2D eigenvalue weighted by atomic mass is 10.1. The number of amides is 1. The van der Waals surface area contributed by atoms with Crippen molar-refractivity contribution in [3.8, 4) is 0 Å². The number of nitrogens with one attached hydrogen (secondary N) is 1. The van der Waals surface area contributed by atoms with Gasteiger partial charge < -0.3 is 24.7 Å². The Labute approximate surface area is 175 Å². The van der Waals surface area contributed by atoms with Crippen LogP contribution in [0, 0.1) is 10.1 Å². The van der Waals surface area contributed by atoms with Crippen molar-refractivity contribution in [2.75, 3.05) is 32.8 Å². The lowest BCUT2D eigenvalue weighted by Gasteiger charge is -2.25. The SMILES string of the molecule is O=C(Cn1c(CN2CCOCC2)cnc1[N+](=O)[O-])NCCc1ccc(S(=O)[O-])cc1. The van der Waals surface area contributed by atoms with Crippen molar-refractivity contribution in [3.05, 3.63) is 51.8 Å². The molecule has 1 amide bonds. The minimum absolute atomic E-state index is 0.197. The van der Waals surface area contributed by atoms with Gasteiger partial charge in [-0.25, -0.2) is 4.57 Å². The van der Waals surface area contributed by atoms with Gasteiger partial charge in [-0.15, -0.1) is 0 Å². The van der Waals surface area contributed by atoms with Crippen LogP contribution >= 0.6 is 0 Å². The molecule has 1 fully saturated rings. The number of morpholine rings is 1. The third-order valence-corrected chi connectivity index (χ3v) is 5.38. The van der Waals surface area contributed by atoms with Crippen molar-refractivity contribution < 1.29 is 23.2 Å². The number of imidazole rings is 1. The number of ether oxygens (including phenoxy) is 1. The standard InChI is InChI=1S/C18H23N5O6S/c24-17(19-6-5-14-1-3-16(4-2-14)30(27)28)13-22-15(11-20-18(22)23(25)26)12-21-7-9-29-10-8-21/h1-4,11H,5-10,12-13H2,(H,19,24)(H,27,28)/p-1. The molecule has 1 unspecified atom stereocenters. The molecule has 30 heavy (non-hydrogen) atoms. The van der Waals surface area contributed by atoms with Crippen molar-refractivity contribution in [1.82, 2.24) is 19.8 Å². The van der Waals surface area contributed by atoms with Crippen LogP contribution in [0.5, 0.6) is 0 Å². The highest BCUT2D eigenvalue weighted by atomic mass is 32.2. The van der Waals surface area contributed by atoms with Gasteiger partial charge in [0, 0.05) is 24.5 Å². The second kappa shape index (κ2) is 10.4. The Morgan fingerprint density at radius 3 is 2.60 bits per heavy atom. The molecule has 3 rings (SSSR count). The van der Waals surface area contributed by atoms with Crippen molar-refractivity contribution >= 4 is 22.9 Å². The zero-order valence-electron chi connectivity index (χ0n) is 16.2. The van der Waals surface area contributed by atoms with Gasteiger partial charge in [0.25, 0.3) is 5.91 Å². The summed E-state index contributed by atoms with van der Waals surface area (Å²) in [5.74, 6) is -0.730. The maximum atomic E-state index is 12.4. The van der Waals surface area contributed by atoms with Crippen LogP contribution in [-0.2, 0) is 40.1 Å². The molecule has 0 radical (unpaired) electrons. The first-order chi connectivity index (χ1) is 14.4. The Balaban J connectivity index is 1.57. The van der Waals surface area contributed by atoms with Crippen LogP contribution in [0.4, 0.5) is 5.95 Å². The second-order valence-electron chi connectivity index (χ2n) is 6.76. The molecule has 1 atom stereocenters. The average molecular weight is 436 g/mol. The largest absolute Gasteiger partial charge is 0.768 e. The van der Waals surface area contributed by atoms with Crippen LogP contribution in [-0.4, -0.2) is 66.9 Å².